The van der Waals surface area contributed by atoms with Crippen LogP contribution >= 0.6 is 0 Å². The normalized spacial score (nSPS) is 13.3. The number of rotatable bonds is 18. The van der Waals surface area contributed by atoms with Gasteiger partial charge in [0.05, 0.1) is 6.61 Å². The standard InChI is InChI=1S/C33H50N4O5/c1-7-19-42-29-13-9-8-11-26(29)12-10-18-34-32(40)28(21-35-23(4)5)36-33(41)30(22(2)3)37-31(39)24(6)20-25-14-16-27(38)17-15-25/h8-9,11,13-17,22-24,28,30,35,38H,7,10,12,18-21H2,1-6H3,(H,34,40)(H,36,41)(H,37,39)/t24-,28+,30-/m1/s1. The van der Waals surface area contributed by atoms with Crippen molar-refractivity contribution in [1.29, 1.82) is 0 Å². The third-order valence-corrected chi connectivity index (χ3v) is 6.89. The number of amides is 3. The summed E-state index contributed by atoms with van der Waals surface area (Å²) >= 11 is 0. The molecule has 2 rings (SSSR count). The molecule has 2 aromatic rings. The molecule has 0 bridgehead atoms. The number of para-hydroxylation sites is 1. The molecule has 42 heavy (non-hydrogen) atoms. The molecule has 0 radical (unpaired) electrons. The van der Waals surface area contributed by atoms with E-state index in [0.29, 0.717) is 19.6 Å². The SMILES string of the molecule is CCCOc1ccccc1CCCNC(=O)[C@H](CNC(C)C)NC(=O)[C@H](NC(=O)[C@H](C)Cc1ccc(O)cc1)C(C)C. The van der Waals surface area contributed by atoms with Crippen LogP contribution in [-0.2, 0) is 27.2 Å². The average molecular weight is 583 g/mol. The lowest BCUT2D eigenvalue weighted by atomic mass is 9.97. The van der Waals surface area contributed by atoms with Crippen molar-refractivity contribution in [2.75, 3.05) is 19.7 Å². The van der Waals surface area contributed by atoms with Crippen LogP contribution in [0.15, 0.2) is 48.5 Å². The van der Waals surface area contributed by atoms with E-state index in [1.807, 2.05) is 52.0 Å². The molecule has 0 saturated heterocycles. The molecule has 0 aliphatic rings. The quantitative estimate of drug-likeness (QED) is 0.170. The maximum absolute atomic E-state index is 13.4. The summed E-state index contributed by atoms with van der Waals surface area (Å²) in [4.78, 5) is 39.5. The highest BCUT2D eigenvalue weighted by molar-refractivity contribution is 5.92. The molecule has 232 valence electrons. The van der Waals surface area contributed by atoms with Gasteiger partial charge in [-0.1, -0.05) is 71.9 Å². The van der Waals surface area contributed by atoms with Gasteiger partial charge in [-0.15, -0.1) is 0 Å². The van der Waals surface area contributed by atoms with Crippen LogP contribution in [0.5, 0.6) is 11.5 Å². The van der Waals surface area contributed by atoms with Crippen molar-refractivity contribution in [3.63, 3.8) is 0 Å². The number of hydrogen-bond acceptors (Lipinski definition) is 6. The largest absolute Gasteiger partial charge is 0.508 e. The van der Waals surface area contributed by atoms with Crippen LogP contribution < -0.4 is 26.0 Å². The van der Waals surface area contributed by atoms with Crippen molar-refractivity contribution < 1.29 is 24.2 Å². The molecule has 0 fully saturated rings. The Kier molecular flexibility index (Phi) is 14.9. The van der Waals surface area contributed by atoms with Crippen LogP contribution in [0.4, 0.5) is 0 Å². The van der Waals surface area contributed by atoms with Gasteiger partial charge in [0.15, 0.2) is 0 Å². The second kappa shape index (κ2) is 18.1. The van der Waals surface area contributed by atoms with Crippen LogP contribution in [0.2, 0.25) is 0 Å². The van der Waals surface area contributed by atoms with Gasteiger partial charge in [0.25, 0.3) is 0 Å². The summed E-state index contributed by atoms with van der Waals surface area (Å²) in [6.45, 7) is 12.9. The second-order valence-corrected chi connectivity index (χ2v) is 11.5. The lowest BCUT2D eigenvalue weighted by molar-refractivity contribution is -0.134. The average Bonchev–Trinajstić information content (AvgIpc) is 2.96. The summed E-state index contributed by atoms with van der Waals surface area (Å²) < 4.78 is 5.84. The Balaban J connectivity index is 1.97. The molecule has 9 nitrogen and oxygen atoms in total. The molecule has 3 amide bonds. The highest BCUT2D eigenvalue weighted by Crippen LogP contribution is 2.19. The summed E-state index contributed by atoms with van der Waals surface area (Å²) in [5.74, 6) is -0.461. The summed E-state index contributed by atoms with van der Waals surface area (Å²) in [6.07, 6.45) is 2.88. The van der Waals surface area contributed by atoms with Gasteiger partial charge in [0.2, 0.25) is 17.7 Å². The number of carbonyl (C=O) groups excluding carboxylic acids is 3. The number of aromatic hydroxyl groups is 1. The predicted octanol–water partition coefficient (Wildman–Crippen LogP) is 3.73. The van der Waals surface area contributed by atoms with Crippen LogP contribution in [0.25, 0.3) is 0 Å². The zero-order chi connectivity index (χ0) is 31.1. The van der Waals surface area contributed by atoms with E-state index in [2.05, 4.69) is 28.2 Å². The lowest BCUT2D eigenvalue weighted by Crippen LogP contribution is -2.58. The fraction of sp³-hybridized carbons (Fsp3) is 0.545. The Morgan fingerprint density at radius 2 is 1.57 bits per heavy atom. The van der Waals surface area contributed by atoms with E-state index in [-0.39, 0.29) is 42.0 Å². The van der Waals surface area contributed by atoms with E-state index in [9.17, 15) is 19.5 Å². The molecule has 3 atom stereocenters. The maximum Gasteiger partial charge on any atom is 0.243 e. The highest BCUT2D eigenvalue weighted by atomic mass is 16.5. The topological polar surface area (TPSA) is 129 Å². The molecule has 0 aromatic heterocycles. The van der Waals surface area contributed by atoms with E-state index >= 15 is 0 Å². The smallest absolute Gasteiger partial charge is 0.243 e. The Morgan fingerprint density at radius 3 is 2.21 bits per heavy atom. The van der Waals surface area contributed by atoms with Gasteiger partial charge < -0.3 is 31.1 Å². The fourth-order valence-electron chi connectivity index (χ4n) is 4.41. The van der Waals surface area contributed by atoms with Gasteiger partial charge in [-0.25, -0.2) is 0 Å². The number of carbonyl (C=O) groups is 3. The van der Waals surface area contributed by atoms with Crippen molar-refractivity contribution in [3.05, 3.63) is 59.7 Å². The minimum atomic E-state index is -0.798. The van der Waals surface area contributed by atoms with Crippen molar-refractivity contribution in [2.24, 2.45) is 11.8 Å². The van der Waals surface area contributed by atoms with Gasteiger partial charge in [0, 0.05) is 25.0 Å². The molecule has 0 saturated carbocycles. The van der Waals surface area contributed by atoms with E-state index in [1.165, 1.54) is 0 Å². The molecule has 5 N–H and O–H groups in total. The Labute approximate surface area is 251 Å². The van der Waals surface area contributed by atoms with Gasteiger partial charge in [-0.2, -0.15) is 0 Å². The molecule has 9 heteroatoms. The first-order valence-electron chi connectivity index (χ1n) is 15.1. The zero-order valence-corrected chi connectivity index (χ0v) is 26.0. The van der Waals surface area contributed by atoms with Gasteiger partial charge in [-0.3, -0.25) is 14.4 Å². The number of benzene rings is 2. The minimum absolute atomic E-state index is 0.123. The van der Waals surface area contributed by atoms with Crippen molar-refractivity contribution in [3.8, 4) is 11.5 Å². The van der Waals surface area contributed by atoms with Gasteiger partial charge in [-0.05, 0) is 60.9 Å². The molecular formula is C33H50N4O5. The molecular weight excluding hydrogens is 532 g/mol. The number of aryl methyl sites for hydroxylation is 1. The third-order valence-electron chi connectivity index (χ3n) is 6.89. The Morgan fingerprint density at radius 1 is 0.881 bits per heavy atom. The molecule has 0 heterocycles. The monoisotopic (exact) mass is 582 g/mol. The first-order chi connectivity index (χ1) is 20.0. The van der Waals surface area contributed by atoms with Crippen molar-refractivity contribution in [2.45, 2.75) is 85.4 Å². The number of hydrogen-bond donors (Lipinski definition) is 5. The summed E-state index contributed by atoms with van der Waals surface area (Å²) in [6, 6.07) is 13.2. The lowest BCUT2D eigenvalue weighted by Gasteiger charge is -2.27. The zero-order valence-electron chi connectivity index (χ0n) is 26.0. The Bertz CT molecular complexity index is 1120. The summed E-state index contributed by atoms with van der Waals surface area (Å²) in [5, 5.41) is 21.5. The van der Waals surface area contributed by atoms with Crippen molar-refractivity contribution in [1.82, 2.24) is 21.3 Å². The van der Waals surface area contributed by atoms with Crippen LogP contribution in [0, 0.1) is 11.8 Å². The van der Waals surface area contributed by atoms with E-state index < -0.39 is 18.0 Å². The third kappa shape index (κ3) is 12.1. The highest BCUT2D eigenvalue weighted by Gasteiger charge is 2.30. The predicted molar refractivity (Wildman–Crippen MR) is 166 cm³/mol. The number of phenols is 1. The first kappa shape index (κ1) is 34.6. The van der Waals surface area contributed by atoms with E-state index in [0.717, 1.165) is 36.1 Å². The number of phenolic OH excluding ortho intramolecular Hbond substituents is 1. The number of ether oxygens (including phenoxy) is 1. The van der Waals surface area contributed by atoms with E-state index in [4.69, 9.17) is 4.74 Å². The van der Waals surface area contributed by atoms with Gasteiger partial charge >= 0.3 is 0 Å². The van der Waals surface area contributed by atoms with Crippen LogP contribution in [-0.4, -0.2) is 60.6 Å². The molecule has 0 aliphatic heterocycles. The Hall–Kier alpha value is -3.59. The summed E-state index contributed by atoms with van der Waals surface area (Å²) in [7, 11) is 0. The summed E-state index contributed by atoms with van der Waals surface area (Å²) in [5.41, 5.74) is 2.01. The van der Waals surface area contributed by atoms with Crippen LogP contribution in [0.1, 0.15) is 65.5 Å². The van der Waals surface area contributed by atoms with Crippen LogP contribution in [0.3, 0.4) is 0 Å². The van der Waals surface area contributed by atoms with Crippen molar-refractivity contribution >= 4 is 17.7 Å². The molecule has 0 aliphatic carbocycles. The molecule has 2 aromatic carbocycles. The molecule has 0 spiro atoms. The minimum Gasteiger partial charge on any atom is -0.508 e. The second-order valence-electron chi connectivity index (χ2n) is 11.5. The first-order valence-corrected chi connectivity index (χ1v) is 15.1. The van der Waals surface area contributed by atoms with E-state index in [1.54, 1.807) is 31.2 Å². The molecule has 0 unspecified atom stereocenters. The fourth-order valence-corrected chi connectivity index (χ4v) is 4.41. The maximum atomic E-state index is 13.4. The number of nitrogens with one attached hydrogen (secondary N) is 4. The van der Waals surface area contributed by atoms with Gasteiger partial charge in [0.1, 0.15) is 23.6 Å².